The number of carboxylic acid groups (broad SMARTS) is 1. The van der Waals surface area contributed by atoms with Gasteiger partial charge in [0.05, 0.1) is 15.1 Å². The van der Waals surface area contributed by atoms with E-state index >= 15 is 0 Å². The summed E-state index contributed by atoms with van der Waals surface area (Å²) >= 11 is 4.55. The highest BCUT2D eigenvalue weighted by atomic mass is 79.9. The van der Waals surface area contributed by atoms with Crippen molar-refractivity contribution in [2.24, 2.45) is 0 Å². The number of halogens is 1. The number of carboxylic acids is 1. The summed E-state index contributed by atoms with van der Waals surface area (Å²) < 4.78 is 0.762. The van der Waals surface area contributed by atoms with Crippen LogP contribution in [-0.4, -0.2) is 16.9 Å². The molecule has 0 bridgehead atoms. The molecule has 5 heteroatoms. The summed E-state index contributed by atoms with van der Waals surface area (Å²) in [5.74, 6) is -1.08. The smallest absolute Gasteiger partial charge is 0.307 e. The van der Waals surface area contributed by atoms with Crippen molar-refractivity contribution in [3.63, 3.8) is 0 Å². The number of ketones is 1. The lowest BCUT2D eigenvalue weighted by atomic mass is 10.1. The van der Waals surface area contributed by atoms with Crippen LogP contribution >= 0.6 is 27.3 Å². The number of thiophene rings is 1. The first-order chi connectivity index (χ1) is 8.58. The average molecular weight is 325 g/mol. The number of carbonyl (C=O) groups excluding carboxylic acids is 1. The zero-order chi connectivity index (χ0) is 13.1. The lowest BCUT2D eigenvalue weighted by Gasteiger charge is -2.00. The molecule has 1 aromatic heterocycles. The molecule has 0 atom stereocenters. The second-order valence-corrected chi connectivity index (χ2v) is 6.10. The Morgan fingerprint density at radius 2 is 1.89 bits per heavy atom. The number of benzene rings is 1. The fourth-order valence-electron chi connectivity index (χ4n) is 1.60. The van der Waals surface area contributed by atoms with Crippen LogP contribution < -0.4 is 0 Å². The molecular formula is C13H9BrO3S. The zero-order valence-electron chi connectivity index (χ0n) is 9.22. The first-order valence-corrected chi connectivity index (χ1v) is 6.78. The summed E-state index contributed by atoms with van der Waals surface area (Å²) in [6.07, 6.45) is -0.143. The quantitative estimate of drug-likeness (QED) is 0.877. The molecule has 0 aliphatic heterocycles. The summed E-state index contributed by atoms with van der Waals surface area (Å²) in [6, 6.07) is 10.5. The molecule has 3 nitrogen and oxygen atoms in total. The summed E-state index contributed by atoms with van der Waals surface area (Å²) in [7, 11) is 0. The first-order valence-electron chi connectivity index (χ1n) is 5.17. The van der Waals surface area contributed by atoms with Crippen molar-refractivity contribution in [1.29, 1.82) is 0 Å². The van der Waals surface area contributed by atoms with E-state index in [-0.39, 0.29) is 12.2 Å². The topological polar surface area (TPSA) is 54.4 Å². The van der Waals surface area contributed by atoms with Crippen LogP contribution in [0.4, 0.5) is 0 Å². The van der Waals surface area contributed by atoms with Gasteiger partial charge >= 0.3 is 5.97 Å². The van der Waals surface area contributed by atoms with Gasteiger partial charge in [-0.05, 0) is 27.6 Å². The Bertz CT molecular complexity index is 590. The van der Waals surface area contributed by atoms with Crippen LogP contribution in [0.3, 0.4) is 0 Å². The number of hydrogen-bond acceptors (Lipinski definition) is 3. The van der Waals surface area contributed by atoms with Crippen molar-refractivity contribution in [1.82, 2.24) is 0 Å². The molecule has 1 aromatic carbocycles. The number of rotatable bonds is 4. The van der Waals surface area contributed by atoms with Crippen LogP contribution in [0.2, 0.25) is 0 Å². The minimum absolute atomic E-state index is 0.137. The van der Waals surface area contributed by atoms with Gasteiger partial charge in [-0.15, -0.1) is 11.3 Å². The second kappa shape index (κ2) is 5.46. The van der Waals surface area contributed by atoms with E-state index in [0.29, 0.717) is 16.0 Å². The highest BCUT2D eigenvalue weighted by molar-refractivity contribution is 9.11. The molecule has 0 saturated carbocycles. The molecule has 0 amide bonds. The summed E-state index contributed by atoms with van der Waals surface area (Å²) in [5.41, 5.74) is 1.12. The highest BCUT2D eigenvalue weighted by Crippen LogP contribution is 2.29. The van der Waals surface area contributed by atoms with Gasteiger partial charge in [0.25, 0.3) is 0 Å². The van der Waals surface area contributed by atoms with E-state index in [9.17, 15) is 9.59 Å². The third kappa shape index (κ3) is 2.86. The van der Waals surface area contributed by atoms with Crippen molar-refractivity contribution in [3.8, 4) is 0 Å². The van der Waals surface area contributed by atoms with Gasteiger partial charge < -0.3 is 5.11 Å². The van der Waals surface area contributed by atoms with E-state index in [1.807, 2.05) is 6.07 Å². The normalized spacial score (nSPS) is 10.3. The van der Waals surface area contributed by atoms with E-state index in [1.165, 1.54) is 11.3 Å². The Kier molecular flexibility index (Phi) is 3.93. The van der Waals surface area contributed by atoms with Gasteiger partial charge in [0.1, 0.15) is 0 Å². The first kappa shape index (κ1) is 13.0. The van der Waals surface area contributed by atoms with Gasteiger partial charge in [0.15, 0.2) is 0 Å². The molecule has 0 radical (unpaired) electrons. The largest absolute Gasteiger partial charge is 0.481 e. The molecule has 0 aliphatic carbocycles. The molecule has 1 N–H and O–H groups in total. The molecule has 0 fully saturated rings. The molecular weight excluding hydrogens is 316 g/mol. The lowest BCUT2D eigenvalue weighted by molar-refractivity contribution is -0.136. The van der Waals surface area contributed by atoms with Crippen LogP contribution in [0.25, 0.3) is 0 Å². The molecule has 2 aromatic rings. The third-order valence-electron chi connectivity index (χ3n) is 2.36. The Balaban J connectivity index is 2.39. The predicted molar refractivity (Wildman–Crippen MR) is 73.2 cm³/mol. The Hall–Kier alpha value is -1.46. The predicted octanol–water partition coefficient (Wildman–Crippen LogP) is 3.37. The molecule has 0 saturated heterocycles. The van der Waals surface area contributed by atoms with Crippen LogP contribution in [0.15, 0.2) is 40.2 Å². The van der Waals surface area contributed by atoms with Crippen LogP contribution in [0.1, 0.15) is 20.8 Å². The van der Waals surface area contributed by atoms with Crippen LogP contribution in [0, 0.1) is 0 Å². The summed E-state index contributed by atoms with van der Waals surface area (Å²) in [5, 5.41) is 8.83. The Morgan fingerprint density at radius 1 is 1.22 bits per heavy atom. The molecule has 18 heavy (non-hydrogen) atoms. The van der Waals surface area contributed by atoms with E-state index in [4.69, 9.17) is 5.11 Å². The standard InChI is InChI=1S/C13H9BrO3S/c14-10-6-9(7-11(15)16)13(18-10)12(17)8-4-2-1-3-5-8/h1-6H,7H2,(H,15,16). The molecule has 0 aliphatic rings. The van der Waals surface area contributed by atoms with Gasteiger partial charge in [0.2, 0.25) is 5.78 Å². The Morgan fingerprint density at radius 3 is 2.50 bits per heavy atom. The maximum absolute atomic E-state index is 12.3. The summed E-state index contributed by atoms with van der Waals surface area (Å²) in [6.45, 7) is 0. The summed E-state index contributed by atoms with van der Waals surface area (Å²) in [4.78, 5) is 23.5. The zero-order valence-corrected chi connectivity index (χ0v) is 11.6. The van der Waals surface area contributed by atoms with E-state index in [0.717, 1.165) is 3.79 Å². The van der Waals surface area contributed by atoms with Crippen molar-refractivity contribution >= 4 is 39.0 Å². The van der Waals surface area contributed by atoms with E-state index in [1.54, 1.807) is 30.3 Å². The second-order valence-electron chi connectivity index (χ2n) is 3.67. The minimum Gasteiger partial charge on any atom is -0.481 e. The average Bonchev–Trinajstić information content (AvgIpc) is 2.69. The molecule has 1 heterocycles. The van der Waals surface area contributed by atoms with Gasteiger partial charge in [-0.3, -0.25) is 9.59 Å². The van der Waals surface area contributed by atoms with Gasteiger partial charge in [-0.2, -0.15) is 0 Å². The SMILES string of the molecule is O=C(O)Cc1cc(Br)sc1C(=O)c1ccccc1. The number of hydrogen-bond donors (Lipinski definition) is 1. The molecule has 0 unspecified atom stereocenters. The monoisotopic (exact) mass is 324 g/mol. The van der Waals surface area contributed by atoms with Crippen LogP contribution in [-0.2, 0) is 11.2 Å². The maximum Gasteiger partial charge on any atom is 0.307 e. The van der Waals surface area contributed by atoms with E-state index in [2.05, 4.69) is 15.9 Å². The van der Waals surface area contributed by atoms with Gasteiger partial charge in [-0.25, -0.2) is 0 Å². The minimum atomic E-state index is -0.942. The van der Waals surface area contributed by atoms with Crippen molar-refractivity contribution < 1.29 is 14.7 Å². The van der Waals surface area contributed by atoms with Gasteiger partial charge in [-0.1, -0.05) is 30.3 Å². The van der Waals surface area contributed by atoms with Crippen molar-refractivity contribution in [2.45, 2.75) is 6.42 Å². The maximum atomic E-state index is 12.3. The highest BCUT2D eigenvalue weighted by Gasteiger charge is 2.18. The number of aliphatic carboxylic acids is 1. The Labute approximate surface area is 116 Å². The van der Waals surface area contributed by atoms with Gasteiger partial charge in [0, 0.05) is 5.56 Å². The number of carbonyl (C=O) groups is 2. The lowest BCUT2D eigenvalue weighted by Crippen LogP contribution is -2.06. The fourth-order valence-corrected chi connectivity index (χ4v) is 3.23. The molecule has 92 valence electrons. The van der Waals surface area contributed by atoms with Crippen molar-refractivity contribution in [3.05, 3.63) is 56.2 Å². The van der Waals surface area contributed by atoms with Crippen molar-refractivity contribution in [2.75, 3.05) is 0 Å². The molecule has 2 rings (SSSR count). The fraction of sp³-hybridized carbons (Fsp3) is 0.0769. The van der Waals surface area contributed by atoms with Crippen LogP contribution in [0.5, 0.6) is 0 Å². The van der Waals surface area contributed by atoms with E-state index < -0.39 is 5.97 Å². The third-order valence-corrected chi connectivity index (χ3v) is 4.04. The molecule has 0 spiro atoms.